The maximum absolute atomic E-state index is 13.0. The Labute approximate surface area is 162 Å². The first kappa shape index (κ1) is 17.6. The molecule has 0 saturated heterocycles. The molecule has 0 aliphatic carbocycles. The molecule has 28 heavy (non-hydrogen) atoms. The summed E-state index contributed by atoms with van der Waals surface area (Å²) >= 11 is 0. The van der Waals surface area contributed by atoms with E-state index in [4.69, 9.17) is 4.98 Å². The van der Waals surface area contributed by atoms with Gasteiger partial charge in [-0.15, -0.1) is 0 Å². The molecule has 0 spiro atoms. The van der Waals surface area contributed by atoms with Crippen molar-refractivity contribution in [3.63, 3.8) is 0 Å². The fraction of sp³-hybridized carbons (Fsp3) is 0.0417. The van der Waals surface area contributed by atoms with Gasteiger partial charge in [0.05, 0.1) is 16.8 Å². The number of anilines is 1. The number of carbonyl (C=O) groups excluding carboxylic acids is 2. The number of benzene rings is 3. The molecule has 0 unspecified atom stereocenters. The molecular weight excluding hydrogens is 348 g/mol. The summed E-state index contributed by atoms with van der Waals surface area (Å²) in [6, 6.07) is 26.1. The Hall–Kier alpha value is -3.79. The van der Waals surface area contributed by atoms with E-state index >= 15 is 0 Å². The summed E-state index contributed by atoms with van der Waals surface area (Å²) in [4.78, 5) is 29.2. The minimum atomic E-state index is -0.216. The molecule has 4 rings (SSSR count). The van der Waals surface area contributed by atoms with Gasteiger partial charge in [-0.3, -0.25) is 9.59 Å². The van der Waals surface area contributed by atoms with E-state index < -0.39 is 0 Å². The molecule has 0 fully saturated rings. The summed E-state index contributed by atoms with van der Waals surface area (Å²) in [6.45, 7) is 1.52. The van der Waals surface area contributed by atoms with Gasteiger partial charge in [0.1, 0.15) is 0 Å². The van der Waals surface area contributed by atoms with E-state index in [0.717, 1.165) is 22.2 Å². The van der Waals surface area contributed by atoms with Gasteiger partial charge in [0.25, 0.3) is 5.91 Å². The largest absolute Gasteiger partial charge is 0.322 e. The Kier molecular flexibility index (Phi) is 4.68. The van der Waals surface area contributed by atoms with Crippen LogP contribution in [0.25, 0.3) is 22.2 Å². The molecule has 4 aromatic rings. The first-order valence-corrected chi connectivity index (χ1v) is 8.99. The Morgan fingerprint density at radius 1 is 0.821 bits per heavy atom. The van der Waals surface area contributed by atoms with Crippen molar-refractivity contribution in [1.82, 2.24) is 4.98 Å². The number of para-hydroxylation sites is 1. The zero-order chi connectivity index (χ0) is 19.5. The second-order valence-electron chi connectivity index (χ2n) is 6.53. The fourth-order valence-corrected chi connectivity index (χ4v) is 3.11. The number of carbonyl (C=O) groups is 2. The van der Waals surface area contributed by atoms with Crippen molar-refractivity contribution in [2.45, 2.75) is 6.92 Å². The van der Waals surface area contributed by atoms with Gasteiger partial charge in [0.15, 0.2) is 5.78 Å². The zero-order valence-corrected chi connectivity index (χ0v) is 15.3. The number of aromatic nitrogens is 1. The lowest BCUT2D eigenvalue weighted by Crippen LogP contribution is -2.13. The predicted octanol–water partition coefficient (Wildman–Crippen LogP) is 5.36. The zero-order valence-electron chi connectivity index (χ0n) is 15.3. The Balaban J connectivity index is 1.74. The topological polar surface area (TPSA) is 59.1 Å². The van der Waals surface area contributed by atoms with Crippen molar-refractivity contribution in [2.24, 2.45) is 0 Å². The minimum Gasteiger partial charge on any atom is -0.322 e. The molecule has 1 aromatic heterocycles. The van der Waals surface area contributed by atoms with Crippen LogP contribution in [0.3, 0.4) is 0 Å². The first-order valence-electron chi connectivity index (χ1n) is 8.99. The number of rotatable bonds is 4. The highest BCUT2D eigenvalue weighted by atomic mass is 16.1. The van der Waals surface area contributed by atoms with Crippen LogP contribution in [0.5, 0.6) is 0 Å². The monoisotopic (exact) mass is 366 g/mol. The fourth-order valence-electron chi connectivity index (χ4n) is 3.11. The highest BCUT2D eigenvalue weighted by Crippen LogP contribution is 2.25. The van der Waals surface area contributed by atoms with Gasteiger partial charge in [0.2, 0.25) is 0 Å². The van der Waals surface area contributed by atoms with E-state index in [0.29, 0.717) is 16.8 Å². The summed E-state index contributed by atoms with van der Waals surface area (Å²) in [5.74, 6) is -0.225. The van der Waals surface area contributed by atoms with Crippen LogP contribution in [0, 0.1) is 0 Å². The van der Waals surface area contributed by atoms with Gasteiger partial charge in [-0.1, -0.05) is 48.5 Å². The maximum Gasteiger partial charge on any atom is 0.256 e. The molecule has 1 amide bonds. The third kappa shape index (κ3) is 3.53. The third-order valence-corrected chi connectivity index (χ3v) is 4.58. The van der Waals surface area contributed by atoms with Crippen LogP contribution < -0.4 is 5.32 Å². The lowest BCUT2D eigenvalue weighted by atomic mass is 10.0. The van der Waals surface area contributed by atoms with E-state index in [-0.39, 0.29) is 11.7 Å². The summed E-state index contributed by atoms with van der Waals surface area (Å²) in [7, 11) is 0. The Morgan fingerprint density at radius 3 is 2.21 bits per heavy atom. The molecule has 1 N–H and O–H groups in total. The Bertz CT molecular complexity index is 1170. The molecule has 3 aromatic carbocycles. The standard InChI is InChI=1S/C24H18N2O2/c1-16(27)17-11-13-19(14-12-17)25-24(28)21-15-23(18-7-3-2-4-8-18)26-22-10-6-5-9-20(21)22/h2-15H,1H3,(H,25,28). The average Bonchev–Trinajstić information content (AvgIpc) is 2.74. The quantitative estimate of drug-likeness (QED) is 0.495. The van der Waals surface area contributed by atoms with Gasteiger partial charge in [0, 0.05) is 22.2 Å². The number of Topliss-reactive ketones (excluding diaryl/α,β-unsaturated/α-hetero) is 1. The average molecular weight is 366 g/mol. The van der Waals surface area contributed by atoms with E-state index in [1.165, 1.54) is 6.92 Å². The molecule has 4 nitrogen and oxygen atoms in total. The van der Waals surface area contributed by atoms with Crippen LogP contribution in [-0.4, -0.2) is 16.7 Å². The van der Waals surface area contributed by atoms with Crippen molar-refractivity contribution in [3.8, 4) is 11.3 Å². The number of amides is 1. The molecule has 0 aliphatic heterocycles. The molecule has 0 aliphatic rings. The van der Waals surface area contributed by atoms with Crippen LogP contribution in [0.2, 0.25) is 0 Å². The normalized spacial score (nSPS) is 10.6. The molecule has 136 valence electrons. The lowest BCUT2D eigenvalue weighted by Gasteiger charge is -2.11. The van der Waals surface area contributed by atoms with Crippen molar-refractivity contribution in [3.05, 3.63) is 96.1 Å². The van der Waals surface area contributed by atoms with Gasteiger partial charge in [-0.05, 0) is 43.3 Å². The van der Waals surface area contributed by atoms with Gasteiger partial charge >= 0.3 is 0 Å². The van der Waals surface area contributed by atoms with E-state index in [2.05, 4.69) is 5.32 Å². The summed E-state index contributed by atoms with van der Waals surface area (Å²) in [5, 5.41) is 3.71. The smallest absolute Gasteiger partial charge is 0.256 e. The van der Waals surface area contributed by atoms with Crippen LogP contribution in [0.15, 0.2) is 84.9 Å². The number of pyridine rings is 1. The van der Waals surface area contributed by atoms with Crippen molar-refractivity contribution in [2.75, 3.05) is 5.32 Å². The highest BCUT2D eigenvalue weighted by Gasteiger charge is 2.14. The third-order valence-electron chi connectivity index (χ3n) is 4.58. The van der Waals surface area contributed by atoms with Crippen molar-refractivity contribution < 1.29 is 9.59 Å². The SMILES string of the molecule is CC(=O)c1ccc(NC(=O)c2cc(-c3ccccc3)nc3ccccc23)cc1. The summed E-state index contributed by atoms with van der Waals surface area (Å²) < 4.78 is 0. The molecule has 4 heteroatoms. The number of hydrogen-bond acceptors (Lipinski definition) is 3. The first-order chi connectivity index (χ1) is 13.6. The number of nitrogens with zero attached hydrogens (tertiary/aromatic N) is 1. The van der Waals surface area contributed by atoms with Gasteiger partial charge in [-0.25, -0.2) is 4.98 Å². The minimum absolute atomic E-state index is 0.00879. The molecule has 0 radical (unpaired) electrons. The second kappa shape index (κ2) is 7.45. The van der Waals surface area contributed by atoms with Crippen LogP contribution in [0.4, 0.5) is 5.69 Å². The molecule has 0 saturated carbocycles. The van der Waals surface area contributed by atoms with Crippen molar-refractivity contribution >= 4 is 28.3 Å². The summed E-state index contributed by atoms with van der Waals surface area (Å²) in [6.07, 6.45) is 0. The molecule has 1 heterocycles. The number of ketones is 1. The number of nitrogens with one attached hydrogen (secondary N) is 1. The Morgan fingerprint density at radius 2 is 1.50 bits per heavy atom. The number of hydrogen-bond donors (Lipinski definition) is 1. The predicted molar refractivity (Wildman–Crippen MR) is 112 cm³/mol. The second-order valence-corrected chi connectivity index (χ2v) is 6.53. The van der Waals surface area contributed by atoms with E-state index in [1.54, 1.807) is 24.3 Å². The van der Waals surface area contributed by atoms with Gasteiger partial charge < -0.3 is 5.32 Å². The lowest BCUT2D eigenvalue weighted by molar-refractivity contribution is 0.101. The van der Waals surface area contributed by atoms with E-state index in [1.807, 2.05) is 60.7 Å². The summed E-state index contributed by atoms with van der Waals surface area (Å²) in [5.41, 5.74) is 4.27. The van der Waals surface area contributed by atoms with E-state index in [9.17, 15) is 9.59 Å². The van der Waals surface area contributed by atoms with Crippen LogP contribution in [-0.2, 0) is 0 Å². The molecule has 0 bridgehead atoms. The molecular formula is C24H18N2O2. The maximum atomic E-state index is 13.0. The van der Waals surface area contributed by atoms with Crippen LogP contribution >= 0.6 is 0 Å². The number of fused-ring (bicyclic) bond motifs is 1. The molecule has 0 atom stereocenters. The highest BCUT2D eigenvalue weighted by molar-refractivity contribution is 6.13. The van der Waals surface area contributed by atoms with Crippen molar-refractivity contribution in [1.29, 1.82) is 0 Å². The van der Waals surface area contributed by atoms with Gasteiger partial charge in [-0.2, -0.15) is 0 Å². The van der Waals surface area contributed by atoms with Crippen LogP contribution in [0.1, 0.15) is 27.6 Å².